The molecule has 0 saturated carbocycles. The monoisotopic (exact) mass is 86.0 g/mol. The van der Waals surface area contributed by atoms with Crippen molar-refractivity contribution in [3.05, 3.63) is 0 Å². The summed E-state index contributed by atoms with van der Waals surface area (Å²) in [6, 6.07) is 0. The summed E-state index contributed by atoms with van der Waals surface area (Å²) in [4.78, 5) is 8.39. The summed E-state index contributed by atoms with van der Waals surface area (Å²) < 4.78 is 0. The number of hydrogen-bond acceptors (Lipinski definition) is 2. The van der Waals surface area contributed by atoms with Crippen LogP contribution in [-0.4, -0.2) is 13.7 Å². The molecule has 2 heteroatoms. The van der Waals surface area contributed by atoms with Crippen LogP contribution in [0.5, 0.6) is 0 Å². The second-order valence-corrected chi connectivity index (χ2v) is 0.633. The van der Waals surface area contributed by atoms with Crippen molar-refractivity contribution in [1.82, 2.24) is 0 Å². The molecule has 0 N–H and O–H groups in total. The van der Waals surface area contributed by atoms with Gasteiger partial charge in [-0.1, -0.05) is 5.92 Å². The molecule has 0 fully saturated rings. The molecular weight excluding hydrogens is 80.0 g/mol. The Morgan fingerprint density at radius 2 is 2.50 bits per heavy atom. The smallest absolute Gasteiger partial charge is 0.142 e. The van der Waals surface area contributed by atoms with Gasteiger partial charge >= 0.3 is 0 Å². The van der Waals surface area contributed by atoms with E-state index in [9.17, 15) is 0 Å². The highest BCUT2D eigenvalue weighted by Crippen LogP contribution is 1.65. The highest BCUT2D eigenvalue weighted by molar-refractivity contribution is 4.81. The molecule has 0 heterocycles. The molecule has 0 aromatic carbocycles. The normalized spacial score (nSPS) is 7.33. The zero-order valence-corrected chi connectivity index (χ0v) is 3.60. The highest BCUT2D eigenvalue weighted by atomic mass is 17.2. The van der Waals surface area contributed by atoms with E-state index in [0.29, 0.717) is 0 Å². The molecule has 0 aromatic rings. The molecular formula is C4H6O2. The molecule has 0 unspecified atom stereocenters. The van der Waals surface area contributed by atoms with Crippen LogP contribution >= 0.6 is 0 Å². The third-order valence-corrected chi connectivity index (χ3v) is 0.260. The van der Waals surface area contributed by atoms with Gasteiger partial charge in [0.25, 0.3) is 0 Å². The third kappa shape index (κ3) is 3.48. The zero-order valence-electron chi connectivity index (χ0n) is 3.60. The molecule has 0 atom stereocenters. The van der Waals surface area contributed by atoms with Gasteiger partial charge in [-0.15, -0.1) is 6.42 Å². The SMILES string of the molecule is C#CCOOC. The minimum absolute atomic E-state index is 0.219. The Kier molecular flexibility index (Phi) is 4.09. The topological polar surface area (TPSA) is 18.5 Å². The lowest BCUT2D eigenvalue weighted by Crippen LogP contribution is -1.86. The van der Waals surface area contributed by atoms with Gasteiger partial charge in [0.2, 0.25) is 0 Å². The van der Waals surface area contributed by atoms with Gasteiger partial charge in [-0.2, -0.15) is 0 Å². The van der Waals surface area contributed by atoms with Crippen molar-refractivity contribution in [3.63, 3.8) is 0 Å². The molecule has 0 aliphatic heterocycles. The van der Waals surface area contributed by atoms with Crippen LogP contribution in [0.4, 0.5) is 0 Å². The van der Waals surface area contributed by atoms with Gasteiger partial charge in [-0.05, 0) is 0 Å². The Balaban J connectivity index is 2.54. The first kappa shape index (κ1) is 5.48. The fraction of sp³-hybridized carbons (Fsp3) is 0.500. The second-order valence-electron chi connectivity index (χ2n) is 0.633. The van der Waals surface area contributed by atoms with E-state index in [1.165, 1.54) is 7.11 Å². The van der Waals surface area contributed by atoms with Crippen molar-refractivity contribution in [2.24, 2.45) is 0 Å². The zero-order chi connectivity index (χ0) is 4.83. The van der Waals surface area contributed by atoms with E-state index >= 15 is 0 Å². The highest BCUT2D eigenvalue weighted by Gasteiger charge is 1.68. The number of terminal acetylenes is 1. The van der Waals surface area contributed by atoms with Crippen LogP contribution < -0.4 is 0 Å². The van der Waals surface area contributed by atoms with Gasteiger partial charge < -0.3 is 0 Å². The number of rotatable bonds is 2. The van der Waals surface area contributed by atoms with Crippen LogP contribution in [0.15, 0.2) is 0 Å². The van der Waals surface area contributed by atoms with Crippen LogP contribution in [0.3, 0.4) is 0 Å². The lowest BCUT2D eigenvalue weighted by molar-refractivity contribution is -0.261. The van der Waals surface area contributed by atoms with Gasteiger partial charge in [0.15, 0.2) is 0 Å². The summed E-state index contributed by atoms with van der Waals surface area (Å²) in [6.45, 7) is 0.219. The molecule has 0 aliphatic rings. The first-order chi connectivity index (χ1) is 2.91. The predicted molar refractivity (Wildman–Crippen MR) is 21.8 cm³/mol. The summed E-state index contributed by atoms with van der Waals surface area (Å²) in [5.41, 5.74) is 0. The maximum Gasteiger partial charge on any atom is 0.142 e. The van der Waals surface area contributed by atoms with Crippen LogP contribution in [0.2, 0.25) is 0 Å². The molecule has 0 rings (SSSR count). The van der Waals surface area contributed by atoms with E-state index in [4.69, 9.17) is 6.42 Å². The molecule has 0 amide bonds. The maximum absolute atomic E-state index is 4.76. The minimum Gasteiger partial charge on any atom is -0.239 e. The van der Waals surface area contributed by atoms with E-state index < -0.39 is 0 Å². The van der Waals surface area contributed by atoms with Gasteiger partial charge in [0.05, 0.1) is 7.11 Å². The van der Waals surface area contributed by atoms with E-state index in [2.05, 4.69) is 15.7 Å². The van der Waals surface area contributed by atoms with Crippen molar-refractivity contribution in [2.75, 3.05) is 13.7 Å². The molecule has 6 heavy (non-hydrogen) atoms. The molecule has 0 spiro atoms. The Morgan fingerprint density at radius 1 is 1.83 bits per heavy atom. The largest absolute Gasteiger partial charge is 0.239 e. The fourth-order valence-corrected chi connectivity index (χ4v) is 0.0929. The van der Waals surface area contributed by atoms with Crippen molar-refractivity contribution in [2.45, 2.75) is 0 Å². The average Bonchev–Trinajstić information content (AvgIpc) is 1.61. The van der Waals surface area contributed by atoms with E-state index in [1.807, 2.05) is 0 Å². The Labute approximate surface area is 37.0 Å². The summed E-state index contributed by atoms with van der Waals surface area (Å²) >= 11 is 0. The van der Waals surface area contributed by atoms with E-state index in [-0.39, 0.29) is 6.61 Å². The lowest BCUT2D eigenvalue weighted by atomic mass is 10.8. The van der Waals surface area contributed by atoms with Gasteiger partial charge in [0.1, 0.15) is 6.61 Å². The van der Waals surface area contributed by atoms with Crippen LogP contribution in [0.1, 0.15) is 0 Å². The van der Waals surface area contributed by atoms with Crippen molar-refractivity contribution < 1.29 is 9.78 Å². The quantitative estimate of drug-likeness (QED) is 0.207. The van der Waals surface area contributed by atoms with Crippen LogP contribution in [-0.2, 0) is 9.78 Å². The Bertz CT molecular complexity index is 53.1. The Hall–Kier alpha value is -0.520. The summed E-state index contributed by atoms with van der Waals surface area (Å²) in [7, 11) is 1.41. The second kappa shape index (κ2) is 4.48. The molecule has 0 aliphatic carbocycles. The molecule has 2 nitrogen and oxygen atoms in total. The standard InChI is InChI=1S/C4H6O2/c1-3-4-6-5-2/h1H,4H2,2H3. The Morgan fingerprint density at radius 3 is 2.67 bits per heavy atom. The maximum atomic E-state index is 4.76. The van der Waals surface area contributed by atoms with Crippen LogP contribution in [0.25, 0.3) is 0 Å². The molecule has 0 aromatic heterocycles. The molecule has 0 bridgehead atoms. The van der Waals surface area contributed by atoms with Crippen molar-refractivity contribution in [1.29, 1.82) is 0 Å². The minimum atomic E-state index is 0.219. The van der Waals surface area contributed by atoms with Crippen molar-refractivity contribution >= 4 is 0 Å². The first-order valence-electron chi connectivity index (χ1n) is 1.51. The van der Waals surface area contributed by atoms with Gasteiger partial charge in [0, 0.05) is 0 Å². The molecule has 0 radical (unpaired) electrons. The van der Waals surface area contributed by atoms with Gasteiger partial charge in [-0.3, -0.25) is 0 Å². The summed E-state index contributed by atoms with van der Waals surface area (Å²) in [5.74, 6) is 2.22. The predicted octanol–water partition coefficient (Wildman–Crippen LogP) is 0.198. The van der Waals surface area contributed by atoms with Crippen molar-refractivity contribution in [3.8, 4) is 12.3 Å². The average molecular weight is 86.1 g/mol. The summed E-state index contributed by atoms with van der Waals surface area (Å²) in [6.07, 6.45) is 4.76. The number of hydrogen-bond donors (Lipinski definition) is 0. The van der Waals surface area contributed by atoms with Crippen LogP contribution in [0, 0.1) is 12.3 Å². The third-order valence-electron chi connectivity index (χ3n) is 0.260. The van der Waals surface area contributed by atoms with E-state index in [1.54, 1.807) is 0 Å². The fourth-order valence-electron chi connectivity index (χ4n) is 0.0929. The van der Waals surface area contributed by atoms with Gasteiger partial charge in [-0.25, -0.2) is 9.78 Å². The molecule has 0 saturated heterocycles. The van der Waals surface area contributed by atoms with E-state index in [0.717, 1.165) is 0 Å². The summed E-state index contributed by atoms with van der Waals surface area (Å²) in [5, 5.41) is 0. The first-order valence-corrected chi connectivity index (χ1v) is 1.51. The molecule has 34 valence electrons. The lowest BCUT2D eigenvalue weighted by Gasteiger charge is -1.86.